The molecule has 5 heteroatoms. The maximum atomic E-state index is 11.5. The van der Waals surface area contributed by atoms with Gasteiger partial charge in [-0.15, -0.1) is 0 Å². The molecule has 0 saturated carbocycles. The fourth-order valence-electron chi connectivity index (χ4n) is 2.16. The van der Waals surface area contributed by atoms with Crippen molar-refractivity contribution in [2.24, 2.45) is 0 Å². The number of nitrogens with zero attached hydrogens (tertiary/aromatic N) is 2. The van der Waals surface area contributed by atoms with Crippen LogP contribution in [0, 0.1) is 6.92 Å². The monoisotopic (exact) mass is 286 g/mol. The third-order valence-corrected chi connectivity index (χ3v) is 3.35. The maximum absolute atomic E-state index is 11.5. The molecule has 0 bridgehead atoms. The molecule has 0 aliphatic heterocycles. The predicted octanol–water partition coefficient (Wildman–Crippen LogP) is 3.66. The van der Waals surface area contributed by atoms with Gasteiger partial charge in [0.1, 0.15) is 11.3 Å². The number of pyridine rings is 1. The molecule has 20 heavy (non-hydrogen) atoms. The van der Waals surface area contributed by atoms with Gasteiger partial charge in [0, 0.05) is 16.8 Å². The molecule has 3 aromatic rings. The largest absolute Gasteiger partial charge is 0.476 e. The molecule has 100 valence electrons. The van der Waals surface area contributed by atoms with Crippen LogP contribution < -0.4 is 0 Å². The maximum Gasteiger partial charge on any atom is 0.355 e. The summed E-state index contributed by atoms with van der Waals surface area (Å²) in [6.07, 6.45) is 1.72. The van der Waals surface area contributed by atoms with Crippen LogP contribution in [0.3, 0.4) is 0 Å². The summed E-state index contributed by atoms with van der Waals surface area (Å²) in [7, 11) is 0. The van der Waals surface area contributed by atoms with Crippen molar-refractivity contribution in [2.45, 2.75) is 6.92 Å². The molecule has 1 N–H and O–H groups in total. The van der Waals surface area contributed by atoms with Gasteiger partial charge >= 0.3 is 5.97 Å². The summed E-state index contributed by atoms with van der Waals surface area (Å²) in [6.45, 7) is 1.94. The molecule has 0 aliphatic carbocycles. The Morgan fingerprint density at radius 3 is 2.60 bits per heavy atom. The second-order valence-corrected chi connectivity index (χ2v) is 4.99. The highest BCUT2D eigenvalue weighted by Crippen LogP contribution is 2.26. The van der Waals surface area contributed by atoms with E-state index in [-0.39, 0.29) is 5.69 Å². The van der Waals surface area contributed by atoms with E-state index in [0.717, 1.165) is 11.1 Å². The second kappa shape index (κ2) is 4.65. The Hall–Kier alpha value is -2.33. The van der Waals surface area contributed by atoms with Gasteiger partial charge in [0.05, 0.1) is 0 Å². The molecule has 0 amide bonds. The first-order valence-corrected chi connectivity index (χ1v) is 6.42. The summed E-state index contributed by atoms with van der Waals surface area (Å²) in [5.74, 6) is -1.01. The molecule has 0 radical (unpaired) electrons. The van der Waals surface area contributed by atoms with Crippen molar-refractivity contribution >= 4 is 23.2 Å². The smallest absolute Gasteiger partial charge is 0.355 e. The number of fused-ring (bicyclic) bond motifs is 1. The van der Waals surface area contributed by atoms with E-state index < -0.39 is 5.97 Å². The zero-order valence-corrected chi connectivity index (χ0v) is 11.4. The Kier molecular flexibility index (Phi) is 2.95. The first kappa shape index (κ1) is 12.7. The number of rotatable bonds is 2. The molecule has 0 fully saturated rings. The summed E-state index contributed by atoms with van der Waals surface area (Å²) in [4.78, 5) is 16.0. The predicted molar refractivity (Wildman–Crippen MR) is 77.3 cm³/mol. The summed E-state index contributed by atoms with van der Waals surface area (Å²) in [6, 6.07) is 10.7. The molecule has 1 aromatic carbocycles. The summed E-state index contributed by atoms with van der Waals surface area (Å²) in [5.41, 5.74) is 2.98. The van der Waals surface area contributed by atoms with Gasteiger partial charge in [0.25, 0.3) is 0 Å². The zero-order chi connectivity index (χ0) is 14.3. The summed E-state index contributed by atoms with van der Waals surface area (Å²) in [5, 5.41) is 10.1. The van der Waals surface area contributed by atoms with Crippen molar-refractivity contribution in [3.8, 4) is 11.3 Å². The molecule has 0 unspecified atom stereocenters. The first-order chi connectivity index (χ1) is 9.56. The van der Waals surface area contributed by atoms with Crippen LogP contribution in [0.1, 0.15) is 16.1 Å². The second-order valence-electron chi connectivity index (χ2n) is 4.55. The van der Waals surface area contributed by atoms with Crippen molar-refractivity contribution in [3.05, 3.63) is 58.9 Å². The van der Waals surface area contributed by atoms with Gasteiger partial charge in [0.2, 0.25) is 0 Å². The fourth-order valence-corrected chi connectivity index (χ4v) is 2.29. The molecule has 0 atom stereocenters. The Balaban J connectivity index is 2.31. The molecule has 0 aliphatic rings. The number of aromatic carboxylic acids is 1. The lowest BCUT2D eigenvalue weighted by atomic mass is 10.1. The van der Waals surface area contributed by atoms with Crippen LogP contribution in [0.4, 0.5) is 0 Å². The number of carbonyl (C=O) groups is 1. The highest BCUT2D eigenvalue weighted by atomic mass is 35.5. The van der Waals surface area contributed by atoms with E-state index in [1.165, 1.54) is 0 Å². The Morgan fingerprint density at radius 1 is 1.25 bits per heavy atom. The standard InChI is InChI=1S/C15H11ClN2O2/c1-9-6-7-18-12(8-9)17-13(14(18)15(19)20)10-2-4-11(16)5-3-10/h2-8H,1H3,(H,19,20). The van der Waals surface area contributed by atoms with E-state index >= 15 is 0 Å². The van der Waals surface area contributed by atoms with E-state index in [1.54, 1.807) is 34.9 Å². The molecule has 2 heterocycles. The third-order valence-electron chi connectivity index (χ3n) is 3.10. The van der Waals surface area contributed by atoms with E-state index in [1.807, 2.05) is 19.1 Å². The Bertz CT molecular complexity index is 807. The molecular weight excluding hydrogens is 276 g/mol. The molecule has 2 aromatic heterocycles. The molecular formula is C15H11ClN2O2. The van der Waals surface area contributed by atoms with Crippen LogP contribution in [-0.2, 0) is 0 Å². The van der Waals surface area contributed by atoms with Crippen LogP contribution in [0.15, 0.2) is 42.6 Å². The van der Waals surface area contributed by atoms with Gasteiger partial charge in [-0.25, -0.2) is 9.78 Å². The van der Waals surface area contributed by atoms with Crippen LogP contribution in [0.5, 0.6) is 0 Å². The molecule has 0 spiro atoms. The zero-order valence-electron chi connectivity index (χ0n) is 10.7. The van der Waals surface area contributed by atoms with Gasteiger partial charge in [0.15, 0.2) is 5.69 Å². The van der Waals surface area contributed by atoms with Crippen molar-refractivity contribution in [2.75, 3.05) is 0 Å². The lowest BCUT2D eigenvalue weighted by molar-refractivity contribution is 0.0690. The molecule has 0 saturated heterocycles. The van der Waals surface area contributed by atoms with E-state index in [2.05, 4.69) is 4.98 Å². The number of aromatic nitrogens is 2. The quantitative estimate of drug-likeness (QED) is 0.782. The minimum Gasteiger partial charge on any atom is -0.476 e. The number of imidazole rings is 1. The highest BCUT2D eigenvalue weighted by molar-refractivity contribution is 6.30. The van der Waals surface area contributed by atoms with Crippen LogP contribution in [0.25, 0.3) is 16.9 Å². The number of carboxylic acid groups (broad SMARTS) is 1. The SMILES string of the molecule is Cc1ccn2c(C(=O)O)c(-c3ccc(Cl)cc3)nc2c1. The van der Waals surface area contributed by atoms with Crippen LogP contribution >= 0.6 is 11.6 Å². The first-order valence-electron chi connectivity index (χ1n) is 6.04. The number of halogens is 1. The minimum absolute atomic E-state index is 0.155. The Morgan fingerprint density at radius 2 is 1.95 bits per heavy atom. The highest BCUT2D eigenvalue weighted by Gasteiger charge is 2.19. The van der Waals surface area contributed by atoms with Crippen molar-refractivity contribution in [3.63, 3.8) is 0 Å². The lowest BCUT2D eigenvalue weighted by Crippen LogP contribution is -2.03. The Labute approximate surface area is 120 Å². The van der Waals surface area contributed by atoms with E-state index in [9.17, 15) is 9.90 Å². The van der Waals surface area contributed by atoms with Gasteiger partial charge in [-0.2, -0.15) is 0 Å². The average molecular weight is 287 g/mol. The summed E-state index contributed by atoms with van der Waals surface area (Å²) < 4.78 is 1.58. The van der Waals surface area contributed by atoms with Crippen LogP contribution in [-0.4, -0.2) is 20.5 Å². The number of benzene rings is 1. The van der Waals surface area contributed by atoms with Gasteiger partial charge in [-0.1, -0.05) is 23.7 Å². The number of aryl methyl sites for hydroxylation is 1. The van der Waals surface area contributed by atoms with Crippen LogP contribution in [0.2, 0.25) is 5.02 Å². The topological polar surface area (TPSA) is 54.6 Å². The lowest BCUT2D eigenvalue weighted by Gasteiger charge is -2.01. The third kappa shape index (κ3) is 2.04. The molecule has 4 nitrogen and oxygen atoms in total. The fraction of sp³-hybridized carbons (Fsp3) is 0.0667. The number of hydrogen-bond donors (Lipinski definition) is 1. The number of hydrogen-bond acceptors (Lipinski definition) is 2. The van der Waals surface area contributed by atoms with Gasteiger partial charge < -0.3 is 5.11 Å². The van der Waals surface area contributed by atoms with Crippen molar-refractivity contribution < 1.29 is 9.90 Å². The van der Waals surface area contributed by atoms with Crippen molar-refractivity contribution in [1.82, 2.24) is 9.38 Å². The molecule has 3 rings (SSSR count). The van der Waals surface area contributed by atoms with Gasteiger partial charge in [-0.3, -0.25) is 4.40 Å². The van der Waals surface area contributed by atoms with Crippen molar-refractivity contribution in [1.29, 1.82) is 0 Å². The van der Waals surface area contributed by atoms with E-state index in [0.29, 0.717) is 16.4 Å². The minimum atomic E-state index is -1.01. The average Bonchev–Trinajstić information content (AvgIpc) is 2.77. The normalized spacial score (nSPS) is 10.9. The summed E-state index contributed by atoms with van der Waals surface area (Å²) >= 11 is 5.86. The number of carboxylic acids is 1. The van der Waals surface area contributed by atoms with Gasteiger partial charge in [-0.05, 0) is 36.8 Å². The van der Waals surface area contributed by atoms with E-state index in [4.69, 9.17) is 11.6 Å².